The summed E-state index contributed by atoms with van der Waals surface area (Å²) < 4.78 is 0. The standard InChI is InChI=1S/C15H22N2O/c1-4-14-10-5-11(2)17(14)15(18)12-6-8-13(16-3)9-7-12/h6-9,11,14,16H,4-5,10H2,1-3H3. The molecule has 2 unspecified atom stereocenters. The van der Waals surface area contributed by atoms with E-state index in [9.17, 15) is 4.79 Å². The van der Waals surface area contributed by atoms with Crippen LogP contribution in [0, 0.1) is 0 Å². The van der Waals surface area contributed by atoms with E-state index in [1.807, 2.05) is 31.3 Å². The van der Waals surface area contributed by atoms with E-state index >= 15 is 0 Å². The average molecular weight is 246 g/mol. The number of likely N-dealkylation sites (tertiary alicyclic amines) is 1. The summed E-state index contributed by atoms with van der Waals surface area (Å²) in [4.78, 5) is 14.6. The van der Waals surface area contributed by atoms with Gasteiger partial charge in [-0.2, -0.15) is 0 Å². The fourth-order valence-corrected chi connectivity index (χ4v) is 2.77. The van der Waals surface area contributed by atoms with Crippen LogP contribution in [-0.2, 0) is 0 Å². The molecule has 0 spiro atoms. The number of carbonyl (C=O) groups is 1. The molecule has 1 aromatic rings. The van der Waals surface area contributed by atoms with Gasteiger partial charge in [0, 0.05) is 30.4 Å². The lowest BCUT2D eigenvalue weighted by atomic mass is 10.1. The molecule has 1 aliphatic heterocycles. The Kier molecular flexibility index (Phi) is 3.90. The number of hydrogen-bond acceptors (Lipinski definition) is 2. The summed E-state index contributed by atoms with van der Waals surface area (Å²) in [6.07, 6.45) is 3.31. The first-order valence-corrected chi connectivity index (χ1v) is 6.77. The molecule has 18 heavy (non-hydrogen) atoms. The molecule has 0 bridgehead atoms. The number of hydrogen-bond donors (Lipinski definition) is 1. The first-order chi connectivity index (χ1) is 8.67. The van der Waals surface area contributed by atoms with E-state index in [4.69, 9.17) is 0 Å². The van der Waals surface area contributed by atoms with Crippen molar-refractivity contribution in [1.82, 2.24) is 4.90 Å². The summed E-state index contributed by atoms with van der Waals surface area (Å²) in [5.74, 6) is 0.175. The normalized spacial score (nSPS) is 23.2. The summed E-state index contributed by atoms with van der Waals surface area (Å²) in [6.45, 7) is 4.31. The van der Waals surface area contributed by atoms with E-state index in [0.29, 0.717) is 12.1 Å². The van der Waals surface area contributed by atoms with Crippen LogP contribution >= 0.6 is 0 Å². The third kappa shape index (κ3) is 2.35. The molecule has 2 rings (SSSR count). The summed E-state index contributed by atoms with van der Waals surface area (Å²) in [7, 11) is 1.88. The average Bonchev–Trinajstić information content (AvgIpc) is 2.79. The summed E-state index contributed by atoms with van der Waals surface area (Å²) in [5.41, 5.74) is 1.83. The Hall–Kier alpha value is -1.51. The van der Waals surface area contributed by atoms with Gasteiger partial charge in [-0.05, 0) is 50.5 Å². The van der Waals surface area contributed by atoms with E-state index in [2.05, 4.69) is 24.1 Å². The summed E-state index contributed by atoms with van der Waals surface area (Å²) in [6, 6.07) is 8.50. The topological polar surface area (TPSA) is 32.3 Å². The molecule has 1 N–H and O–H groups in total. The fourth-order valence-electron chi connectivity index (χ4n) is 2.77. The minimum atomic E-state index is 0.175. The van der Waals surface area contributed by atoms with E-state index in [1.165, 1.54) is 0 Å². The molecule has 1 saturated heterocycles. The Morgan fingerprint density at radius 3 is 2.56 bits per heavy atom. The third-order valence-electron chi connectivity index (χ3n) is 3.91. The van der Waals surface area contributed by atoms with Gasteiger partial charge in [-0.15, -0.1) is 0 Å². The number of amides is 1. The highest BCUT2D eigenvalue weighted by Crippen LogP contribution is 2.28. The van der Waals surface area contributed by atoms with Crippen molar-refractivity contribution >= 4 is 11.6 Å². The van der Waals surface area contributed by atoms with Crippen molar-refractivity contribution in [3.8, 4) is 0 Å². The lowest BCUT2D eigenvalue weighted by Crippen LogP contribution is -2.39. The Balaban J connectivity index is 2.18. The van der Waals surface area contributed by atoms with Gasteiger partial charge in [-0.1, -0.05) is 6.92 Å². The van der Waals surface area contributed by atoms with Gasteiger partial charge in [0.15, 0.2) is 0 Å². The van der Waals surface area contributed by atoms with Crippen molar-refractivity contribution in [3.63, 3.8) is 0 Å². The molecule has 3 heteroatoms. The van der Waals surface area contributed by atoms with Gasteiger partial charge >= 0.3 is 0 Å². The monoisotopic (exact) mass is 246 g/mol. The summed E-state index contributed by atoms with van der Waals surface area (Å²) >= 11 is 0. The van der Waals surface area contributed by atoms with Crippen LogP contribution in [0.3, 0.4) is 0 Å². The van der Waals surface area contributed by atoms with Gasteiger partial charge in [0.25, 0.3) is 5.91 Å². The maximum Gasteiger partial charge on any atom is 0.254 e. The van der Waals surface area contributed by atoms with Crippen LogP contribution in [0.15, 0.2) is 24.3 Å². The minimum Gasteiger partial charge on any atom is -0.388 e. The smallest absolute Gasteiger partial charge is 0.254 e. The van der Waals surface area contributed by atoms with E-state index in [0.717, 1.165) is 30.5 Å². The zero-order valence-corrected chi connectivity index (χ0v) is 11.4. The lowest BCUT2D eigenvalue weighted by Gasteiger charge is -2.28. The molecule has 0 saturated carbocycles. The molecule has 1 aliphatic rings. The van der Waals surface area contributed by atoms with E-state index < -0.39 is 0 Å². The largest absolute Gasteiger partial charge is 0.388 e. The molecular weight excluding hydrogens is 224 g/mol. The predicted molar refractivity (Wildman–Crippen MR) is 74.9 cm³/mol. The van der Waals surface area contributed by atoms with E-state index in [-0.39, 0.29) is 5.91 Å². The van der Waals surface area contributed by atoms with Crippen LogP contribution in [-0.4, -0.2) is 29.9 Å². The van der Waals surface area contributed by atoms with Gasteiger partial charge in [0.2, 0.25) is 0 Å². The van der Waals surface area contributed by atoms with Gasteiger partial charge in [0.1, 0.15) is 0 Å². The Labute approximate surface area is 109 Å². The first-order valence-electron chi connectivity index (χ1n) is 6.77. The number of carbonyl (C=O) groups excluding carboxylic acids is 1. The van der Waals surface area contributed by atoms with Crippen molar-refractivity contribution in [2.24, 2.45) is 0 Å². The van der Waals surface area contributed by atoms with E-state index in [1.54, 1.807) is 0 Å². The highest BCUT2D eigenvalue weighted by atomic mass is 16.2. The SMILES string of the molecule is CCC1CCC(C)N1C(=O)c1ccc(NC)cc1. The molecule has 1 aromatic carbocycles. The summed E-state index contributed by atoms with van der Waals surface area (Å²) in [5, 5.41) is 3.07. The molecule has 1 fully saturated rings. The van der Waals surface area contributed by atoms with Crippen molar-refractivity contribution in [3.05, 3.63) is 29.8 Å². The Morgan fingerprint density at radius 2 is 2.00 bits per heavy atom. The molecule has 0 radical (unpaired) electrons. The molecular formula is C15H22N2O. The highest BCUT2D eigenvalue weighted by molar-refractivity contribution is 5.95. The molecule has 1 heterocycles. The molecule has 0 aromatic heterocycles. The van der Waals surface area contributed by atoms with Gasteiger partial charge in [-0.25, -0.2) is 0 Å². The lowest BCUT2D eigenvalue weighted by molar-refractivity contribution is 0.0676. The highest BCUT2D eigenvalue weighted by Gasteiger charge is 2.33. The minimum absolute atomic E-state index is 0.175. The van der Waals surface area contributed by atoms with Crippen LogP contribution in [0.5, 0.6) is 0 Å². The maximum absolute atomic E-state index is 12.5. The molecule has 3 nitrogen and oxygen atoms in total. The second kappa shape index (κ2) is 5.42. The third-order valence-corrected chi connectivity index (χ3v) is 3.91. The van der Waals surface area contributed by atoms with Crippen LogP contribution in [0.2, 0.25) is 0 Å². The zero-order valence-electron chi connectivity index (χ0n) is 11.4. The zero-order chi connectivity index (χ0) is 13.1. The van der Waals surface area contributed by atoms with Crippen LogP contribution in [0.4, 0.5) is 5.69 Å². The molecule has 0 aliphatic carbocycles. The van der Waals surface area contributed by atoms with Gasteiger partial charge < -0.3 is 10.2 Å². The number of benzene rings is 1. The van der Waals surface area contributed by atoms with Crippen molar-refractivity contribution < 1.29 is 4.79 Å². The molecule has 1 amide bonds. The van der Waals surface area contributed by atoms with Crippen molar-refractivity contribution in [2.75, 3.05) is 12.4 Å². The number of rotatable bonds is 3. The first kappa shape index (κ1) is 12.9. The Morgan fingerprint density at radius 1 is 1.33 bits per heavy atom. The van der Waals surface area contributed by atoms with Gasteiger partial charge in [0.05, 0.1) is 0 Å². The van der Waals surface area contributed by atoms with Crippen LogP contribution in [0.25, 0.3) is 0 Å². The van der Waals surface area contributed by atoms with Crippen molar-refractivity contribution in [1.29, 1.82) is 0 Å². The van der Waals surface area contributed by atoms with Gasteiger partial charge in [-0.3, -0.25) is 4.79 Å². The predicted octanol–water partition coefficient (Wildman–Crippen LogP) is 3.13. The number of nitrogens with one attached hydrogen (secondary N) is 1. The second-order valence-electron chi connectivity index (χ2n) is 5.03. The maximum atomic E-state index is 12.5. The number of anilines is 1. The fraction of sp³-hybridized carbons (Fsp3) is 0.533. The molecule has 2 atom stereocenters. The van der Waals surface area contributed by atoms with Crippen LogP contribution in [0.1, 0.15) is 43.5 Å². The Bertz CT molecular complexity index is 413. The number of nitrogens with zero attached hydrogens (tertiary/aromatic N) is 1. The second-order valence-corrected chi connectivity index (χ2v) is 5.03. The molecule has 98 valence electrons. The van der Waals surface area contributed by atoms with Crippen LogP contribution < -0.4 is 5.32 Å². The quantitative estimate of drug-likeness (QED) is 0.888. The van der Waals surface area contributed by atoms with Crippen molar-refractivity contribution in [2.45, 2.75) is 45.2 Å².